The number of primary amides is 1. The van der Waals surface area contributed by atoms with E-state index in [-0.39, 0.29) is 17.7 Å². The van der Waals surface area contributed by atoms with E-state index in [0.29, 0.717) is 47.5 Å². The van der Waals surface area contributed by atoms with Crippen molar-refractivity contribution in [3.63, 3.8) is 0 Å². The molecule has 0 saturated carbocycles. The van der Waals surface area contributed by atoms with Crippen molar-refractivity contribution in [2.24, 2.45) is 11.7 Å². The molecule has 3 rings (SSSR count). The molecule has 0 spiro atoms. The molecule has 0 bridgehead atoms. The van der Waals surface area contributed by atoms with Crippen molar-refractivity contribution in [2.45, 2.75) is 39.5 Å². The van der Waals surface area contributed by atoms with Crippen molar-refractivity contribution in [3.8, 4) is 11.5 Å². The van der Waals surface area contributed by atoms with Crippen LogP contribution in [0.1, 0.15) is 49.9 Å². The Balaban J connectivity index is 1.69. The molecule has 3 N–H and O–H groups in total. The van der Waals surface area contributed by atoms with Gasteiger partial charge in [-0.15, -0.1) is 0 Å². The van der Waals surface area contributed by atoms with Gasteiger partial charge in [0, 0.05) is 18.7 Å². The first-order valence-corrected chi connectivity index (χ1v) is 11.7. The molecule has 178 valence electrons. The van der Waals surface area contributed by atoms with E-state index in [1.54, 1.807) is 24.4 Å². The third-order valence-electron chi connectivity index (χ3n) is 5.47. The zero-order valence-corrected chi connectivity index (χ0v) is 19.9. The van der Waals surface area contributed by atoms with Gasteiger partial charge < -0.3 is 25.4 Å². The van der Waals surface area contributed by atoms with Crippen molar-refractivity contribution in [1.82, 2.24) is 4.98 Å². The lowest BCUT2D eigenvalue weighted by Gasteiger charge is -2.32. The lowest BCUT2D eigenvalue weighted by atomic mass is 9.97. The van der Waals surface area contributed by atoms with Crippen molar-refractivity contribution in [1.29, 1.82) is 0 Å². The number of carbonyl (C=O) groups excluding carboxylic acids is 2. The molecule has 1 aliphatic heterocycles. The smallest absolute Gasteiger partial charge is 0.255 e. The number of hydrogen-bond acceptors (Lipinski definition) is 6. The molecule has 33 heavy (non-hydrogen) atoms. The Kier molecular flexibility index (Phi) is 8.77. The average Bonchev–Trinajstić information content (AvgIpc) is 2.81. The van der Waals surface area contributed by atoms with Crippen LogP contribution in [0, 0.1) is 5.92 Å². The molecule has 1 aliphatic rings. The molecule has 9 heteroatoms. The van der Waals surface area contributed by atoms with Gasteiger partial charge in [0.2, 0.25) is 5.91 Å². The Labute approximate surface area is 199 Å². The van der Waals surface area contributed by atoms with Gasteiger partial charge in [0.15, 0.2) is 11.5 Å². The van der Waals surface area contributed by atoms with E-state index < -0.39 is 0 Å². The van der Waals surface area contributed by atoms with E-state index in [1.165, 1.54) is 0 Å². The zero-order chi connectivity index (χ0) is 23.8. The van der Waals surface area contributed by atoms with Crippen LogP contribution < -0.4 is 25.4 Å². The number of unbranched alkanes of at least 4 members (excludes halogenated alkanes) is 1. The largest absolute Gasteiger partial charge is 0.490 e. The van der Waals surface area contributed by atoms with Gasteiger partial charge in [0.25, 0.3) is 5.91 Å². The quantitative estimate of drug-likeness (QED) is 0.498. The van der Waals surface area contributed by atoms with E-state index in [0.717, 1.165) is 38.0 Å². The van der Waals surface area contributed by atoms with Crippen LogP contribution >= 0.6 is 11.6 Å². The third-order valence-corrected chi connectivity index (χ3v) is 5.75. The highest BCUT2D eigenvalue weighted by Gasteiger charge is 2.24. The van der Waals surface area contributed by atoms with Gasteiger partial charge in [0.1, 0.15) is 5.82 Å². The van der Waals surface area contributed by atoms with Crippen LogP contribution in [0.15, 0.2) is 30.5 Å². The molecule has 8 nitrogen and oxygen atoms in total. The second-order valence-corrected chi connectivity index (χ2v) is 8.37. The predicted molar refractivity (Wildman–Crippen MR) is 129 cm³/mol. The Hall–Kier alpha value is -3.00. The maximum absolute atomic E-state index is 12.8. The maximum atomic E-state index is 12.8. The lowest BCUT2D eigenvalue weighted by Crippen LogP contribution is -2.41. The number of nitrogens with zero attached hydrogens (tertiary/aromatic N) is 2. The second-order valence-electron chi connectivity index (χ2n) is 7.97. The number of amides is 2. The molecule has 1 saturated heterocycles. The highest BCUT2D eigenvalue weighted by molar-refractivity contribution is 6.32. The Bertz CT molecular complexity index is 968. The minimum atomic E-state index is -0.334. The molecule has 1 unspecified atom stereocenters. The summed E-state index contributed by atoms with van der Waals surface area (Å²) in [7, 11) is 0. The number of hydrogen-bond donors (Lipinski definition) is 2. The number of carbonyl (C=O) groups is 2. The van der Waals surface area contributed by atoms with Gasteiger partial charge in [-0.1, -0.05) is 24.9 Å². The fourth-order valence-electron chi connectivity index (χ4n) is 3.69. The van der Waals surface area contributed by atoms with Crippen molar-refractivity contribution >= 4 is 34.9 Å². The van der Waals surface area contributed by atoms with E-state index in [2.05, 4.69) is 17.2 Å². The Morgan fingerprint density at radius 1 is 1.27 bits per heavy atom. The maximum Gasteiger partial charge on any atom is 0.255 e. The van der Waals surface area contributed by atoms with Crippen LogP contribution in [0.2, 0.25) is 5.02 Å². The molecule has 2 aromatic rings. The highest BCUT2D eigenvalue weighted by Crippen LogP contribution is 2.37. The van der Waals surface area contributed by atoms with Crippen LogP contribution in [0.3, 0.4) is 0 Å². The van der Waals surface area contributed by atoms with Gasteiger partial charge in [-0.2, -0.15) is 0 Å². The third kappa shape index (κ3) is 6.51. The number of anilines is 2. The number of halogens is 1. The number of pyridine rings is 1. The zero-order valence-electron chi connectivity index (χ0n) is 19.1. The molecule has 2 heterocycles. The van der Waals surface area contributed by atoms with Crippen LogP contribution in [-0.2, 0) is 4.79 Å². The van der Waals surface area contributed by atoms with E-state index in [1.807, 2.05) is 17.9 Å². The number of aromatic nitrogens is 1. The number of ether oxygens (including phenoxy) is 2. The summed E-state index contributed by atoms with van der Waals surface area (Å²) in [6, 6.07) is 6.80. The summed E-state index contributed by atoms with van der Waals surface area (Å²) in [5.41, 5.74) is 6.36. The monoisotopic (exact) mass is 474 g/mol. The Morgan fingerprint density at radius 2 is 2.09 bits per heavy atom. The minimum Gasteiger partial charge on any atom is -0.490 e. The van der Waals surface area contributed by atoms with Crippen LogP contribution in [0.5, 0.6) is 11.5 Å². The second kappa shape index (κ2) is 11.7. The number of nitrogens with two attached hydrogens (primary N) is 1. The number of benzene rings is 1. The molecule has 1 fully saturated rings. The van der Waals surface area contributed by atoms with Gasteiger partial charge in [-0.05, 0) is 50.5 Å². The summed E-state index contributed by atoms with van der Waals surface area (Å²) >= 11 is 6.40. The molecule has 1 aromatic carbocycles. The topological polar surface area (TPSA) is 107 Å². The van der Waals surface area contributed by atoms with Gasteiger partial charge in [0.05, 0.1) is 36.0 Å². The number of piperidine rings is 1. The first-order valence-electron chi connectivity index (χ1n) is 11.3. The summed E-state index contributed by atoms with van der Waals surface area (Å²) in [4.78, 5) is 30.9. The normalized spacial score (nSPS) is 15.7. The first kappa shape index (κ1) is 24.6. The highest BCUT2D eigenvalue weighted by atomic mass is 35.5. The van der Waals surface area contributed by atoms with Gasteiger partial charge in [-0.3, -0.25) is 9.59 Å². The van der Waals surface area contributed by atoms with E-state index in [9.17, 15) is 9.59 Å². The van der Waals surface area contributed by atoms with Gasteiger partial charge in [-0.25, -0.2) is 4.98 Å². The van der Waals surface area contributed by atoms with Crippen LogP contribution in [-0.4, -0.2) is 43.1 Å². The summed E-state index contributed by atoms with van der Waals surface area (Å²) in [5.74, 6) is 0.848. The standard InChI is InChI=1S/C24H31ClN4O4/c1-3-5-11-33-22-19(25)12-17(13-20(22)32-4-2)24(31)28-18-8-9-21(27-14-18)29-10-6-7-16(15-29)23(26)30/h8-9,12-14,16H,3-7,10-11,15H2,1-2H3,(H2,26,30)(H,28,31). The lowest BCUT2D eigenvalue weighted by molar-refractivity contribution is -0.122. The fourth-order valence-corrected chi connectivity index (χ4v) is 3.95. The summed E-state index contributed by atoms with van der Waals surface area (Å²) in [6.45, 7) is 6.25. The average molecular weight is 475 g/mol. The molecule has 1 atom stereocenters. The van der Waals surface area contributed by atoms with Crippen LogP contribution in [0.25, 0.3) is 0 Å². The molecular formula is C24H31ClN4O4. The molecular weight excluding hydrogens is 444 g/mol. The van der Waals surface area contributed by atoms with Crippen molar-refractivity contribution in [3.05, 3.63) is 41.0 Å². The summed E-state index contributed by atoms with van der Waals surface area (Å²) in [5, 5.41) is 3.16. The molecule has 0 aliphatic carbocycles. The van der Waals surface area contributed by atoms with Gasteiger partial charge >= 0.3 is 0 Å². The fraction of sp³-hybridized carbons (Fsp3) is 0.458. The van der Waals surface area contributed by atoms with Crippen LogP contribution in [0.4, 0.5) is 11.5 Å². The van der Waals surface area contributed by atoms with E-state index >= 15 is 0 Å². The summed E-state index contributed by atoms with van der Waals surface area (Å²) in [6.07, 6.45) is 5.17. The molecule has 0 radical (unpaired) electrons. The molecule has 1 aromatic heterocycles. The Morgan fingerprint density at radius 3 is 2.76 bits per heavy atom. The van der Waals surface area contributed by atoms with Crippen molar-refractivity contribution in [2.75, 3.05) is 36.5 Å². The number of nitrogens with one attached hydrogen (secondary N) is 1. The summed E-state index contributed by atoms with van der Waals surface area (Å²) < 4.78 is 11.4. The SMILES string of the molecule is CCCCOc1c(Cl)cc(C(=O)Nc2ccc(N3CCCC(C(N)=O)C3)nc2)cc1OCC. The van der Waals surface area contributed by atoms with Crippen molar-refractivity contribution < 1.29 is 19.1 Å². The first-order chi connectivity index (χ1) is 15.9. The minimum absolute atomic E-state index is 0.168. The molecule has 2 amide bonds. The predicted octanol–water partition coefficient (Wildman–Crippen LogP) is 4.27. The van der Waals surface area contributed by atoms with E-state index in [4.69, 9.17) is 26.8 Å². The number of rotatable bonds is 10.